The Bertz CT molecular complexity index is 685. The van der Waals surface area contributed by atoms with Gasteiger partial charge in [-0.1, -0.05) is 0 Å². The fourth-order valence-electron chi connectivity index (χ4n) is 2.77. The fraction of sp³-hybridized carbons (Fsp3) is 0.412. The van der Waals surface area contributed by atoms with Crippen molar-refractivity contribution in [3.05, 3.63) is 48.0 Å². The monoisotopic (exact) mass is 330 g/mol. The highest BCUT2D eigenvalue weighted by Crippen LogP contribution is 2.16. The lowest BCUT2D eigenvalue weighted by molar-refractivity contribution is 0.380. The molecule has 1 aliphatic rings. The first-order valence-corrected chi connectivity index (χ1v) is 8.23. The molecule has 6 nitrogen and oxygen atoms in total. The lowest BCUT2D eigenvalue weighted by Gasteiger charge is -2.36. The van der Waals surface area contributed by atoms with E-state index in [4.69, 9.17) is 5.73 Å². The Morgan fingerprint density at radius 3 is 2.50 bits per heavy atom. The number of piperazine rings is 1. The summed E-state index contributed by atoms with van der Waals surface area (Å²) in [4.78, 5) is 8.76. The normalized spacial score (nSPS) is 15.8. The Morgan fingerprint density at radius 1 is 1.17 bits per heavy atom. The molecule has 1 aliphatic heterocycles. The molecule has 0 aliphatic carbocycles. The maximum absolute atomic E-state index is 13.0. The van der Waals surface area contributed by atoms with E-state index in [-0.39, 0.29) is 5.82 Å². The summed E-state index contributed by atoms with van der Waals surface area (Å²) in [6.07, 6.45) is 1.95. The highest BCUT2D eigenvalue weighted by molar-refractivity contribution is 5.78. The first-order chi connectivity index (χ1) is 11.7. The number of benzene rings is 1. The van der Waals surface area contributed by atoms with Gasteiger partial charge in [0.05, 0.1) is 12.2 Å². The van der Waals surface area contributed by atoms with Crippen molar-refractivity contribution in [2.24, 2.45) is 10.7 Å². The van der Waals surface area contributed by atoms with Crippen LogP contribution in [0.3, 0.4) is 0 Å². The van der Waals surface area contributed by atoms with Crippen molar-refractivity contribution in [2.75, 3.05) is 31.1 Å². The van der Waals surface area contributed by atoms with E-state index in [1.807, 2.05) is 29.1 Å². The highest BCUT2D eigenvalue weighted by atomic mass is 19.1. The van der Waals surface area contributed by atoms with E-state index in [1.54, 1.807) is 0 Å². The number of anilines is 1. The molecule has 1 fully saturated rings. The Hall–Kier alpha value is -2.57. The molecule has 128 valence electrons. The van der Waals surface area contributed by atoms with Crippen LogP contribution in [-0.2, 0) is 13.1 Å². The van der Waals surface area contributed by atoms with Gasteiger partial charge in [0, 0.05) is 44.6 Å². The molecule has 1 aromatic heterocycles. The number of nitrogens with two attached hydrogens (primary N) is 1. The van der Waals surface area contributed by atoms with E-state index in [0.717, 1.165) is 44.1 Å². The molecule has 2 aromatic rings. The predicted molar refractivity (Wildman–Crippen MR) is 93.4 cm³/mol. The minimum atomic E-state index is -0.209. The van der Waals surface area contributed by atoms with Gasteiger partial charge in [0.1, 0.15) is 5.82 Å². The van der Waals surface area contributed by atoms with Gasteiger partial charge in [-0.25, -0.2) is 9.38 Å². The number of rotatable bonds is 4. The number of hydrogen-bond donors (Lipinski definition) is 1. The van der Waals surface area contributed by atoms with Crippen LogP contribution in [0.25, 0.3) is 0 Å². The second-order valence-electron chi connectivity index (χ2n) is 5.79. The van der Waals surface area contributed by atoms with E-state index in [2.05, 4.69) is 26.8 Å². The second kappa shape index (κ2) is 7.33. The predicted octanol–water partition coefficient (Wildman–Crippen LogP) is 1.68. The molecular formula is C17H23FN6. The molecule has 0 spiro atoms. The van der Waals surface area contributed by atoms with Crippen molar-refractivity contribution in [2.45, 2.75) is 20.0 Å². The van der Waals surface area contributed by atoms with Crippen LogP contribution in [0.4, 0.5) is 10.1 Å². The maximum Gasteiger partial charge on any atom is 0.191 e. The van der Waals surface area contributed by atoms with Crippen LogP contribution in [-0.4, -0.2) is 46.8 Å². The SMILES string of the molecule is CCn1ccc(CN=C(N)N2CCN(c3ccc(F)cc3)CC2)n1. The zero-order valence-corrected chi connectivity index (χ0v) is 13.9. The third-order valence-corrected chi connectivity index (χ3v) is 4.22. The molecule has 2 heterocycles. The molecule has 0 unspecified atom stereocenters. The van der Waals surface area contributed by atoms with Crippen molar-refractivity contribution in [3.8, 4) is 0 Å². The molecule has 7 heteroatoms. The van der Waals surface area contributed by atoms with Gasteiger partial charge in [0.25, 0.3) is 0 Å². The first kappa shape index (κ1) is 16.3. The van der Waals surface area contributed by atoms with Crippen molar-refractivity contribution < 1.29 is 4.39 Å². The second-order valence-corrected chi connectivity index (χ2v) is 5.79. The molecule has 0 radical (unpaired) electrons. The Morgan fingerprint density at radius 2 is 1.88 bits per heavy atom. The molecular weight excluding hydrogens is 307 g/mol. The van der Waals surface area contributed by atoms with Crippen molar-refractivity contribution >= 4 is 11.6 Å². The minimum absolute atomic E-state index is 0.209. The molecule has 0 saturated carbocycles. The zero-order chi connectivity index (χ0) is 16.9. The quantitative estimate of drug-likeness (QED) is 0.684. The third-order valence-electron chi connectivity index (χ3n) is 4.22. The summed E-state index contributed by atoms with van der Waals surface area (Å²) in [6, 6.07) is 8.58. The van der Waals surface area contributed by atoms with Gasteiger partial charge in [-0.05, 0) is 37.3 Å². The minimum Gasteiger partial charge on any atom is -0.370 e. The van der Waals surface area contributed by atoms with Crippen LogP contribution in [0.1, 0.15) is 12.6 Å². The van der Waals surface area contributed by atoms with Crippen molar-refractivity contribution in [1.29, 1.82) is 0 Å². The van der Waals surface area contributed by atoms with Crippen LogP contribution in [0.2, 0.25) is 0 Å². The average molecular weight is 330 g/mol. The van der Waals surface area contributed by atoms with Crippen LogP contribution in [0.5, 0.6) is 0 Å². The molecule has 0 bridgehead atoms. The molecule has 2 N–H and O–H groups in total. The molecule has 0 amide bonds. The topological polar surface area (TPSA) is 62.7 Å². The number of guanidine groups is 1. The summed E-state index contributed by atoms with van der Waals surface area (Å²) >= 11 is 0. The van der Waals surface area contributed by atoms with Gasteiger partial charge in [-0.2, -0.15) is 5.10 Å². The standard InChI is InChI=1S/C17H23FN6/c1-2-24-8-7-15(21-24)13-20-17(19)23-11-9-22(10-12-23)16-5-3-14(18)4-6-16/h3-8H,2,9-13H2,1H3,(H2,19,20). The number of halogens is 1. The fourth-order valence-corrected chi connectivity index (χ4v) is 2.77. The van der Waals surface area contributed by atoms with Gasteiger partial charge in [0.15, 0.2) is 5.96 Å². The van der Waals surface area contributed by atoms with E-state index in [9.17, 15) is 4.39 Å². The van der Waals surface area contributed by atoms with Crippen LogP contribution in [0, 0.1) is 5.82 Å². The van der Waals surface area contributed by atoms with E-state index in [1.165, 1.54) is 12.1 Å². The summed E-state index contributed by atoms with van der Waals surface area (Å²) < 4.78 is 14.9. The summed E-state index contributed by atoms with van der Waals surface area (Å²) in [6.45, 7) is 6.68. The number of nitrogens with zero attached hydrogens (tertiary/aromatic N) is 5. The first-order valence-electron chi connectivity index (χ1n) is 8.23. The number of hydrogen-bond acceptors (Lipinski definition) is 3. The molecule has 0 atom stereocenters. The van der Waals surface area contributed by atoms with Crippen molar-refractivity contribution in [1.82, 2.24) is 14.7 Å². The van der Waals surface area contributed by atoms with Gasteiger partial charge < -0.3 is 15.5 Å². The molecule has 1 aromatic carbocycles. The van der Waals surface area contributed by atoms with Crippen molar-refractivity contribution in [3.63, 3.8) is 0 Å². The van der Waals surface area contributed by atoms with Gasteiger partial charge in [-0.3, -0.25) is 4.68 Å². The van der Waals surface area contributed by atoms with E-state index >= 15 is 0 Å². The smallest absolute Gasteiger partial charge is 0.191 e. The number of aliphatic imine (C=N–C) groups is 1. The summed E-state index contributed by atoms with van der Waals surface area (Å²) in [5.74, 6) is 0.346. The van der Waals surface area contributed by atoms with Gasteiger partial charge in [-0.15, -0.1) is 0 Å². The zero-order valence-electron chi connectivity index (χ0n) is 13.9. The average Bonchev–Trinajstić information content (AvgIpc) is 3.09. The van der Waals surface area contributed by atoms with E-state index in [0.29, 0.717) is 12.5 Å². The van der Waals surface area contributed by atoms with Crippen LogP contribution < -0.4 is 10.6 Å². The summed E-state index contributed by atoms with van der Waals surface area (Å²) in [7, 11) is 0. The van der Waals surface area contributed by atoms with E-state index < -0.39 is 0 Å². The van der Waals surface area contributed by atoms with Gasteiger partial charge in [0.2, 0.25) is 0 Å². The largest absolute Gasteiger partial charge is 0.370 e. The Balaban J connectivity index is 1.53. The lowest BCUT2D eigenvalue weighted by atomic mass is 10.2. The van der Waals surface area contributed by atoms with Crippen LogP contribution in [0.15, 0.2) is 41.5 Å². The summed E-state index contributed by atoms with van der Waals surface area (Å²) in [5.41, 5.74) is 8.07. The number of aromatic nitrogens is 2. The Labute approximate surface area is 141 Å². The molecule has 1 saturated heterocycles. The lowest BCUT2D eigenvalue weighted by Crippen LogP contribution is -2.51. The molecule has 3 rings (SSSR count). The maximum atomic E-state index is 13.0. The van der Waals surface area contributed by atoms with Gasteiger partial charge >= 0.3 is 0 Å². The van der Waals surface area contributed by atoms with Crippen LogP contribution >= 0.6 is 0 Å². The molecule has 24 heavy (non-hydrogen) atoms. The third kappa shape index (κ3) is 3.84. The number of aryl methyl sites for hydroxylation is 1. The summed E-state index contributed by atoms with van der Waals surface area (Å²) in [5, 5.41) is 4.40. The highest BCUT2D eigenvalue weighted by Gasteiger charge is 2.18. The Kier molecular flexibility index (Phi) is 4.98.